The molecule has 3 aromatic rings. The van der Waals surface area contributed by atoms with E-state index in [1.54, 1.807) is 18.5 Å². The van der Waals surface area contributed by atoms with Gasteiger partial charge in [-0.2, -0.15) is 5.10 Å². The van der Waals surface area contributed by atoms with Gasteiger partial charge >= 0.3 is 6.03 Å². The lowest BCUT2D eigenvalue weighted by atomic mass is 9.92. The largest absolute Gasteiger partial charge is 0.322 e. The Morgan fingerprint density at radius 1 is 1.09 bits per heavy atom. The number of aromatic nitrogens is 2. The van der Waals surface area contributed by atoms with E-state index in [9.17, 15) is 14.0 Å². The summed E-state index contributed by atoms with van der Waals surface area (Å²) in [6.45, 7) is 9.55. The number of halogens is 2. The highest BCUT2D eigenvalue weighted by Gasteiger charge is 2.24. The maximum atomic E-state index is 13.4. The van der Waals surface area contributed by atoms with Gasteiger partial charge in [0.15, 0.2) is 0 Å². The lowest BCUT2D eigenvalue weighted by molar-refractivity contribution is -0.117. The number of anilines is 2. The van der Waals surface area contributed by atoms with Crippen molar-refractivity contribution in [1.82, 2.24) is 14.7 Å². The second-order valence-electron chi connectivity index (χ2n) is 9.24. The van der Waals surface area contributed by atoms with Crippen LogP contribution >= 0.6 is 11.6 Å². The second-order valence-corrected chi connectivity index (χ2v) is 9.65. The zero-order chi connectivity index (χ0) is 25.0. The van der Waals surface area contributed by atoms with Crippen LogP contribution in [0.5, 0.6) is 0 Å². The van der Waals surface area contributed by atoms with E-state index in [1.165, 1.54) is 23.1 Å². The fraction of sp³-hybridized carbons (Fsp3) is 0.320. The number of carbonyl (C=O) groups excluding carboxylic acids is 2. The summed E-state index contributed by atoms with van der Waals surface area (Å²) in [7, 11) is 0. The van der Waals surface area contributed by atoms with Crippen molar-refractivity contribution < 1.29 is 14.0 Å². The Bertz CT molecular complexity index is 1170. The van der Waals surface area contributed by atoms with Crippen LogP contribution in [-0.4, -0.2) is 39.2 Å². The second kappa shape index (κ2) is 10.3. The number of hydrogen-bond donors (Lipinski definition) is 2. The van der Waals surface area contributed by atoms with E-state index >= 15 is 0 Å². The van der Waals surface area contributed by atoms with Crippen LogP contribution in [0.3, 0.4) is 0 Å². The minimum Gasteiger partial charge on any atom is -0.313 e. The number of nitrogens with one attached hydrogen (secondary N) is 2. The molecule has 9 heteroatoms. The van der Waals surface area contributed by atoms with Gasteiger partial charge in [0.25, 0.3) is 0 Å². The Kier molecular flexibility index (Phi) is 7.61. The van der Waals surface area contributed by atoms with Gasteiger partial charge in [0, 0.05) is 23.2 Å². The Labute approximate surface area is 203 Å². The molecule has 2 aromatic carbocycles. The van der Waals surface area contributed by atoms with Gasteiger partial charge in [0.05, 0.1) is 16.4 Å². The molecule has 1 heterocycles. The van der Waals surface area contributed by atoms with Crippen LogP contribution in [-0.2, 0) is 10.2 Å². The lowest BCUT2D eigenvalue weighted by Crippen LogP contribution is -2.44. The van der Waals surface area contributed by atoms with Crippen molar-refractivity contribution in [3.05, 3.63) is 71.1 Å². The molecule has 180 valence electrons. The van der Waals surface area contributed by atoms with E-state index in [0.717, 1.165) is 11.4 Å². The minimum atomic E-state index is -0.579. The van der Waals surface area contributed by atoms with Crippen molar-refractivity contribution >= 4 is 35.0 Å². The zero-order valence-electron chi connectivity index (χ0n) is 19.9. The predicted octanol–water partition coefficient (Wildman–Crippen LogP) is 5.84. The average molecular weight is 486 g/mol. The highest BCUT2D eigenvalue weighted by atomic mass is 35.5. The topological polar surface area (TPSA) is 79.3 Å². The van der Waals surface area contributed by atoms with Crippen molar-refractivity contribution in [1.29, 1.82) is 0 Å². The van der Waals surface area contributed by atoms with Gasteiger partial charge in [-0.3, -0.25) is 4.79 Å². The molecule has 7 nitrogen and oxygen atoms in total. The van der Waals surface area contributed by atoms with Crippen molar-refractivity contribution in [2.24, 2.45) is 0 Å². The summed E-state index contributed by atoms with van der Waals surface area (Å²) in [6, 6.07) is 14.5. The molecule has 0 aliphatic carbocycles. The van der Waals surface area contributed by atoms with Crippen molar-refractivity contribution in [3.63, 3.8) is 0 Å². The molecule has 0 unspecified atom stereocenters. The maximum Gasteiger partial charge on any atom is 0.322 e. The number of para-hydroxylation sites is 1. The average Bonchev–Trinajstić information content (AvgIpc) is 3.19. The Morgan fingerprint density at radius 2 is 1.76 bits per heavy atom. The van der Waals surface area contributed by atoms with Crippen LogP contribution in [0.1, 0.15) is 40.3 Å². The SMILES string of the molecule is CC(C)N(CC(=O)Nc1cc(C(C)(C)C)nn1-c1ccccc1)C(=O)Nc1ccc(F)c(Cl)c1. The van der Waals surface area contributed by atoms with E-state index in [4.69, 9.17) is 16.7 Å². The molecule has 0 aliphatic rings. The third kappa shape index (κ3) is 6.14. The molecule has 0 radical (unpaired) electrons. The van der Waals surface area contributed by atoms with Gasteiger partial charge < -0.3 is 15.5 Å². The number of urea groups is 1. The van der Waals surface area contributed by atoms with Gasteiger partial charge in [-0.25, -0.2) is 13.9 Å². The first kappa shape index (κ1) is 25.2. The Morgan fingerprint density at radius 3 is 2.35 bits per heavy atom. The van der Waals surface area contributed by atoms with E-state index < -0.39 is 11.8 Å². The zero-order valence-corrected chi connectivity index (χ0v) is 20.7. The quantitative estimate of drug-likeness (QED) is 0.460. The first-order valence-corrected chi connectivity index (χ1v) is 11.3. The molecule has 0 fully saturated rings. The van der Waals surface area contributed by atoms with Gasteiger partial charge in [0.2, 0.25) is 5.91 Å². The molecular formula is C25H29ClFN5O2. The number of benzene rings is 2. The normalized spacial score (nSPS) is 11.4. The lowest BCUT2D eigenvalue weighted by Gasteiger charge is -2.26. The molecule has 34 heavy (non-hydrogen) atoms. The predicted molar refractivity (Wildman–Crippen MR) is 133 cm³/mol. The van der Waals surface area contributed by atoms with Crippen LogP contribution < -0.4 is 10.6 Å². The standard InChI is InChI=1S/C25H29ClFN5O2/c1-16(2)31(24(34)28-17-11-12-20(27)19(26)13-17)15-23(33)29-22-14-21(25(3,4)5)30-32(22)18-9-7-6-8-10-18/h6-14,16H,15H2,1-5H3,(H,28,34)(H,29,33). The highest BCUT2D eigenvalue weighted by molar-refractivity contribution is 6.31. The van der Waals surface area contributed by atoms with E-state index in [-0.39, 0.29) is 28.9 Å². The van der Waals surface area contributed by atoms with Crippen LogP contribution in [0.4, 0.5) is 20.7 Å². The van der Waals surface area contributed by atoms with E-state index in [1.807, 2.05) is 57.2 Å². The summed E-state index contributed by atoms with van der Waals surface area (Å²) in [5, 5.41) is 10.1. The molecule has 0 aliphatic heterocycles. The molecule has 0 saturated carbocycles. The van der Waals surface area contributed by atoms with Gasteiger partial charge in [-0.05, 0) is 44.2 Å². The summed E-state index contributed by atoms with van der Waals surface area (Å²) in [4.78, 5) is 27.2. The van der Waals surface area contributed by atoms with Crippen molar-refractivity contribution in [2.45, 2.75) is 46.1 Å². The fourth-order valence-corrected chi connectivity index (χ4v) is 3.38. The first-order chi connectivity index (χ1) is 16.0. The molecule has 0 spiro atoms. The van der Waals surface area contributed by atoms with Crippen LogP contribution in [0, 0.1) is 5.82 Å². The van der Waals surface area contributed by atoms with Gasteiger partial charge in [0.1, 0.15) is 18.2 Å². The summed E-state index contributed by atoms with van der Waals surface area (Å²) in [5.41, 5.74) is 1.73. The van der Waals surface area contributed by atoms with Crippen LogP contribution in [0.25, 0.3) is 5.69 Å². The number of amides is 3. The van der Waals surface area contributed by atoms with E-state index in [0.29, 0.717) is 11.5 Å². The molecule has 3 amide bonds. The molecule has 1 aromatic heterocycles. The van der Waals surface area contributed by atoms with Gasteiger partial charge in [-0.15, -0.1) is 0 Å². The molecular weight excluding hydrogens is 457 g/mol. The molecule has 2 N–H and O–H groups in total. The highest BCUT2D eigenvalue weighted by Crippen LogP contribution is 2.26. The minimum absolute atomic E-state index is 0.101. The number of hydrogen-bond acceptors (Lipinski definition) is 3. The summed E-state index contributed by atoms with van der Waals surface area (Å²) in [6.07, 6.45) is 0. The smallest absolute Gasteiger partial charge is 0.313 e. The molecule has 0 saturated heterocycles. The summed E-state index contributed by atoms with van der Waals surface area (Å²) < 4.78 is 15.1. The van der Waals surface area contributed by atoms with E-state index in [2.05, 4.69) is 10.6 Å². The monoisotopic (exact) mass is 485 g/mol. The number of nitrogens with zero attached hydrogens (tertiary/aromatic N) is 3. The molecule has 3 rings (SSSR count). The van der Waals surface area contributed by atoms with Gasteiger partial charge in [-0.1, -0.05) is 50.6 Å². The third-order valence-electron chi connectivity index (χ3n) is 5.12. The maximum absolute atomic E-state index is 13.4. The fourth-order valence-electron chi connectivity index (χ4n) is 3.20. The Hall–Kier alpha value is -3.39. The summed E-state index contributed by atoms with van der Waals surface area (Å²) >= 11 is 5.80. The molecule has 0 bridgehead atoms. The number of rotatable bonds is 6. The van der Waals surface area contributed by atoms with Crippen LogP contribution in [0.2, 0.25) is 5.02 Å². The first-order valence-electron chi connectivity index (χ1n) is 10.9. The molecule has 0 atom stereocenters. The summed E-state index contributed by atoms with van der Waals surface area (Å²) in [5.74, 6) is -0.446. The Balaban J connectivity index is 1.79. The van der Waals surface area contributed by atoms with Crippen molar-refractivity contribution in [2.75, 3.05) is 17.2 Å². The number of carbonyl (C=O) groups is 2. The van der Waals surface area contributed by atoms with Crippen molar-refractivity contribution in [3.8, 4) is 5.69 Å². The van der Waals surface area contributed by atoms with Crippen LogP contribution in [0.15, 0.2) is 54.6 Å². The third-order valence-corrected chi connectivity index (χ3v) is 5.40.